The smallest absolute Gasteiger partial charge is 0.273 e. The molecule has 1 aromatic rings. The first-order valence-electron chi connectivity index (χ1n) is 6.54. The van der Waals surface area contributed by atoms with Gasteiger partial charge in [0, 0.05) is 7.11 Å². The molecule has 0 radical (unpaired) electrons. The Morgan fingerprint density at radius 2 is 2.10 bits per heavy atom. The van der Waals surface area contributed by atoms with Crippen molar-refractivity contribution in [2.24, 2.45) is 5.14 Å². The van der Waals surface area contributed by atoms with Gasteiger partial charge in [0.15, 0.2) is 5.69 Å². The van der Waals surface area contributed by atoms with Gasteiger partial charge in [-0.1, -0.05) is 13.3 Å². The Balaban J connectivity index is 3.16. The minimum absolute atomic E-state index is 0.217. The molecule has 0 saturated carbocycles. The maximum absolute atomic E-state index is 12.3. The van der Waals surface area contributed by atoms with E-state index in [9.17, 15) is 13.2 Å². The monoisotopic (exact) mass is 318 g/mol. The third kappa shape index (κ3) is 4.51. The van der Waals surface area contributed by atoms with Gasteiger partial charge in [0.1, 0.15) is 4.90 Å². The van der Waals surface area contributed by atoms with Gasteiger partial charge in [0.2, 0.25) is 10.0 Å². The Hall–Kier alpha value is -1.45. The van der Waals surface area contributed by atoms with Gasteiger partial charge in [0.25, 0.3) is 5.91 Å². The van der Waals surface area contributed by atoms with Gasteiger partial charge in [-0.25, -0.2) is 13.6 Å². The number of nitrogens with zero attached hydrogens (tertiary/aromatic N) is 1. The van der Waals surface area contributed by atoms with Crippen molar-refractivity contribution in [3.63, 3.8) is 0 Å². The zero-order valence-corrected chi connectivity index (χ0v) is 13.5. The van der Waals surface area contributed by atoms with Crippen LogP contribution in [0.1, 0.15) is 43.4 Å². The maximum Gasteiger partial charge on any atom is 0.273 e. The summed E-state index contributed by atoms with van der Waals surface area (Å²) in [6.07, 6.45) is 1.13. The van der Waals surface area contributed by atoms with Crippen LogP contribution < -0.4 is 10.5 Å². The molecule has 9 heteroatoms. The maximum atomic E-state index is 12.3. The van der Waals surface area contributed by atoms with Crippen LogP contribution in [0.2, 0.25) is 0 Å². The van der Waals surface area contributed by atoms with Crippen LogP contribution >= 0.6 is 0 Å². The molecule has 1 aromatic heterocycles. The van der Waals surface area contributed by atoms with E-state index >= 15 is 0 Å². The molecule has 0 aliphatic carbocycles. The Labute approximate surface area is 124 Å². The molecule has 0 spiro atoms. The molecule has 0 aliphatic rings. The van der Waals surface area contributed by atoms with Crippen molar-refractivity contribution in [2.45, 2.75) is 44.0 Å². The molecule has 120 valence electrons. The number of nitrogens with one attached hydrogen (secondary N) is 2. The average Bonchev–Trinajstić information content (AvgIpc) is 2.72. The van der Waals surface area contributed by atoms with Gasteiger partial charge in [-0.3, -0.25) is 9.89 Å². The van der Waals surface area contributed by atoms with E-state index in [0.29, 0.717) is 18.5 Å². The predicted octanol–water partition coefficient (Wildman–Crippen LogP) is 0.164. The van der Waals surface area contributed by atoms with E-state index in [2.05, 4.69) is 15.5 Å². The van der Waals surface area contributed by atoms with Gasteiger partial charge in [-0.05, 0) is 20.3 Å². The number of primary sulfonamides is 1. The Morgan fingerprint density at radius 1 is 1.48 bits per heavy atom. The normalized spacial score (nSPS) is 12.4. The number of carbonyl (C=O) groups excluding carboxylic acids is 1. The standard InChI is InChI=1S/C12H22N4O4S/c1-5-6-8-10(21(13,18)19)9(16-15-8)11(17)14-12(2,3)7-20-4/h5-7H2,1-4H3,(H,14,17)(H,15,16)(H2,13,18,19). The number of methoxy groups -OCH3 is 1. The molecule has 0 saturated heterocycles. The molecule has 0 unspecified atom stereocenters. The minimum Gasteiger partial charge on any atom is -0.382 e. The molecule has 0 bridgehead atoms. The van der Waals surface area contributed by atoms with E-state index in [1.807, 2.05) is 6.92 Å². The lowest BCUT2D eigenvalue weighted by Gasteiger charge is -2.24. The largest absolute Gasteiger partial charge is 0.382 e. The second-order valence-electron chi connectivity index (χ2n) is 5.45. The number of aryl methyl sites for hydroxylation is 1. The van der Waals surface area contributed by atoms with E-state index in [1.165, 1.54) is 7.11 Å². The summed E-state index contributed by atoms with van der Waals surface area (Å²) in [6.45, 7) is 5.67. The van der Waals surface area contributed by atoms with Crippen molar-refractivity contribution in [3.8, 4) is 0 Å². The van der Waals surface area contributed by atoms with E-state index in [0.717, 1.165) is 0 Å². The quantitative estimate of drug-likeness (QED) is 0.660. The summed E-state index contributed by atoms with van der Waals surface area (Å²) in [6, 6.07) is 0. The fraction of sp³-hybridized carbons (Fsp3) is 0.667. The SMILES string of the molecule is CCCc1[nH]nc(C(=O)NC(C)(C)COC)c1S(N)(=O)=O. The highest BCUT2D eigenvalue weighted by Gasteiger charge is 2.30. The molecule has 0 aliphatic heterocycles. The van der Waals surface area contributed by atoms with Crippen molar-refractivity contribution in [2.75, 3.05) is 13.7 Å². The molecule has 1 amide bonds. The first kappa shape index (κ1) is 17.6. The number of aromatic nitrogens is 2. The average molecular weight is 318 g/mol. The van der Waals surface area contributed by atoms with Crippen LogP contribution in [0.25, 0.3) is 0 Å². The van der Waals surface area contributed by atoms with Crippen LogP contribution in [0.5, 0.6) is 0 Å². The Morgan fingerprint density at radius 3 is 2.57 bits per heavy atom. The zero-order chi connectivity index (χ0) is 16.3. The van der Waals surface area contributed by atoms with Crippen LogP contribution in [0, 0.1) is 0 Å². The summed E-state index contributed by atoms with van der Waals surface area (Å²) < 4.78 is 28.4. The Bertz CT molecular complexity index is 607. The van der Waals surface area contributed by atoms with Crippen LogP contribution in [-0.2, 0) is 21.2 Å². The second-order valence-corrected chi connectivity index (χ2v) is 6.94. The molecular formula is C12H22N4O4S. The van der Waals surface area contributed by atoms with Crippen molar-refractivity contribution in [3.05, 3.63) is 11.4 Å². The van der Waals surface area contributed by atoms with Gasteiger partial charge in [-0.15, -0.1) is 0 Å². The number of hydrogen-bond donors (Lipinski definition) is 3. The van der Waals surface area contributed by atoms with E-state index in [1.54, 1.807) is 13.8 Å². The molecule has 1 heterocycles. The zero-order valence-electron chi connectivity index (χ0n) is 12.7. The first-order valence-corrected chi connectivity index (χ1v) is 8.08. The molecule has 0 fully saturated rings. The van der Waals surface area contributed by atoms with Crippen molar-refractivity contribution in [1.29, 1.82) is 0 Å². The van der Waals surface area contributed by atoms with E-state index in [-0.39, 0.29) is 17.2 Å². The van der Waals surface area contributed by atoms with Crippen LogP contribution in [0.3, 0.4) is 0 Å². The van der Waals surface area contributed by atoms with Crippen LogP contribution in [0.4, 0.5) is 0 Å². The highest BCUT2D eigenvalue weighted by Crippen LogP contribution is 2.19. The minimum atomic E-state index is -4.04. The third-order valence-electron chi connectivity index (χ3n) is 2.75. The van der Waals surface area contributed by atoms with Gasteiger partial charge in [0.05, 0.1) is 17.8 Å². The fourth-order valence-corrected chi connectivity index (χ4v) is 2.91. The van der Waals surface area contributed by atoms with Gasteiger partial charge in [-0.2, -0.15) is 5.10 Å². The van der Waals surface area contributed by atoms with Crippen molar-refractivity contribution in [1.82, 2.24) is 15.5 Å². The lowest BCUT2D eigenvalue weighted by Crippen LogP contribution is -2.47. The van der Waals surface area contributed by atoms with Crippen molar-refractivity contribution >= 4 is 15.9 Å². The summed E-state index contributed by atoms with van der Waals surface area (Å²) in [7, 11) is -2.53. The number of sulfonamides is 1. The van der Waals surface area contributed by atoms with E-state index in [4.69, 9.17) is 9.88 Å². The van der Waals surface area contributed by atoms with Gasteiger partial charge >= 0.3 is 0 Å². The fourth-order valence-electron chi connectivity index (χ4n) is 2.01. The number of amides is 1. The number of aromatic amines is 1. The highest BCUT2D eigenvalue weighted by atomic mass is 32.2. The number of rotatable bonds is 7. The Kier molecular flexibility index (Phi) is 5.48. The number of ether oxygens (including phenoxy) is 1. The van der Waals surface area contributed by atoms with E-state index < -0.39 is 21.5 Å². The van der Waals surface area contributed by atoms with Gasteiger partial charge < -0.3 is 10.1 Å². The molecule has 8 nitrogen and oxygen atoms in total. The lowest BCUT2D eigenvalue weighted by atomic mass is 10.1. The summed E-state index contributed by atoms with van der Waals surface area (Å²) in [5.74, 6) is -0.611. The highest BCUT2D eigenvalue weighted by molar-refractivity contribution is 7.89. The molecule has 4 N–H and O–H groups in total. The summed E-state index contributed by atoms with van der Waals surface area (Å²) >= 11 is 0. The molecule has 21 heavy (non-hydrogen) atoms. The molecular weight excluding hydrogens is 296 g/mol. The van der Waals surface area contributed by atoms with Crippen LogP contribution in [0.15, 0.2) is 4.90 Å². The third-order valence-corrected chi connectivity index (χ3v) is 3.76. The van der Waals surface area contributed by atoms with Crippen LogP contribution in [-0.4, -0.2) is 43.8 Å². The summed E-state index contributed by atoms with van der Waals surface area (Å²) in [4.78, 5) is 12.0. The number of hydrogen-bond acceptors (Lipinski definition) is 5. The summed E-state index contributed by atoms with van der Waals surface area (Å²) in [5.41, 5.74) is -0.537. The second kappa shape index (κ2) is 6.54. The molecule has 1 rings (SSSR count). The topological polar surface area (TPSA) is 127 Å². The van der Waals surface area contributed by atoms with Crippen molar-refractivity contribution < 1.29 is 17.9 Å². The molecule has 0 atom stereocenters. The predicted molar refractivity (Wildman–Crippen MR) is 77.4 cm³/mol. The molecule has 0 aromatic carbocycles. The number of H-pyrrole nitrogens is 1. The lowest BCUT2D eigenvalue weighted by molar-refractivity contribution is 0.0812. The number of nitrogens with two attached hydrogens (primary N) is 1. The first-order chi connectivity index (χ1) is 9.62. The summed E-state index contributed by atoms with van der Waals surface area (Å²) in [5, 5.41) is 14.3. The number of carbonyl (C=O) groups is 1.